The van der Waals surface area contributed by atoms with Crippen molar-refractivity contribution in [2.45, 2.75) is 32.6 Å². The van der Waals surface area contributed by atoms with E-state index in [1.54, 1.807) is 12.1 Å². The van der Waals surface area contributed by atoms with Gasteiger partial charge in [-0.1, -0.05) is 19.1 Å². The lowest BCUT2D eigenvalue weighted by Crippen LogP contribution is -2.33. The Morgan fingerprint density at radius 3 is 2.48 bits per heavy atom. The zero-order valence-corrected chi connectivity index (χ0v) is 12.2. The molecule has 2 rings (SSSR count). The quantitative estimate of drug-likeness (QED) is 0.768. The van der Waals surface area contributed by atoms with Crippen LogP contribution in [0.15, 0.2) is 24.3 Å². The maximum atomic E-state index is 12.0. The number of carboxylic acid groups (broad SMARTS) is 1. The maximum Gasteiger partial charge on any atom is 0.341 e. The number of amides is 1. The van der Waals surface area contributed by atoms with Crippen molar-refractivity contribution in [1.82, 2.24) is 5.32 Å². The molecule has 1 aliphatic carbocycles. The lowest BCUT2D eigenvalue weighted by molar-refractivity contribution is -0.139. The van der Waals surface area contributed by atoms with Gasteiger partial charge in [-0.3, -0.25) is 4.79 Å². The SMILES string of the molecule is CCC1(C(=O)NCCc2ccc(OCC(=O)O)cc2)CC1. The van der Waals surface area contributed by atoms with Crippen molar-refractivity contribution >= 4 is 11.9 Å². The van der Waals surface area contributed by atoms with Crippen molar-refractivity contribution in [3.05, 3.63) is 29.8 Å². The molecule has 0 radical (unpaired) electrons. The fourth-order valence-corrected chi connectivity index (χ4v) is 2.30. The molecule has 0 bridgehead atoms. The average Bonchev–Trinajstić information content (AvgIpc) is 3.27. The van der Waals surface area contributed by atoms with E-state index >= 15 is 0 Å². The summed E-state index contributed by atoms with van der Waals surface area (Å²) in [5.41, 5.74) is 0.994. The van der Waals surface area contributed by atoms with Crippen molar-refractivity contribution in [2.24, 2.45) is 5.41 Å². The number of aliphatic carboxylic acids is 1. The first-order valence-corrected chi connectivity index (χ1v) is 7.27. The zero-order chi connectivity index (χ0) is 15.3. The van der Waals surface area contributed by atoms with Gasteiger partial charge < -0.3 is 15.2 Å². The fraction of sp³-hybridized carbons (Fsp3) is 0.500. The number of nitrogens with one attached hydrogen (secondary N) is 1. The molecule has 0 saturated heterocycles. The normalized spacial score (nSPS) is 15.3. The maximum absolute atomic E-state index is 12.0. The van der Waals surface area contributed by atoms with E-state index in [9.17, 15) is 9.59 Å². The largest absolute Gasteiger partial charge is 0.482 e. The minimum atomic E-state index is -0.994. The van der Waals surface area contributed by atoms with Gasteiger partial charge in [0.15, 0.2) is 6.61 Å². The van der Waals surface area contributed by atoms with Crippen LogP contribution in [0.1, 0.15) is 31.7 Å². The van der Waals surface area contributed by atoms with Crippen molar-refractivity contribution in [1.29, 1.82) is 0 Å². The Morgan fingerprint density at radius 2 is 1.95 bits per heavy atom. The standard InChI is InChI=1S/C16H21NO4/c1-2-16(8-9-16)15(20)17-10-7-12-3-5-13(6-4-12)21-11-14(18)19/h3-6H,2,7-11H2,1H3,(H,17,20)(H,18,19). The van der Waals surface area contributed by atoms with Gasteiger partial charge in [0.1, 0.15) is 5.75 Å². The summed E-state index contributed by atoms with van der Waals surface area (Å²) in [7, 11) is 0. The van der Waals surface area contributed by atoms with Crippen molar-refractivity contribution in [3.63, 3.8) is 0 Å². The molecule has 1 aromatic rings. The number of rotatable bonds is 8. The second-order valence-electron chi connectivity index (χ2n) is 5.47. The van der Waals surface area contributed by atoms with Crippen molar-refractivity contribution < 1.29 is 19.4 Å². The zero-order valence-electron chi connectivity index (χ0n) is 12.2. The highest BCUT2D eigenvalue weighted by Crippen LogP contribution is 2.48. The van der Waals surface area contributed by atoms with Crippen LogP contribution in [-0.2, 0) is 16.0 Å². The van der Waals surface area contributed by atoms with Gasteiger partial charge >= 0.3 is 5.97 Å². The second-order valence-corrected chi connectivity index (χ2v) is 5.47. The molecule has 1 amide bonds. The minimum absolute atomic E-state index is 0.0888. The summed E-state index contributed by atoms with van der Waals surface area (Å²) in [5, 5.41) is 11.5. The predicted octanol–water partition coefficient (Wildman–Crippen LogP) is 2.00. The van der Waals surface area contributed by atoms with E-state index in [1.165, 1.54) is 0 Å². The predicted molar refractivity (Wildman–Crippen MR) is 78.2 cm³/mol. The Hall–Kier alpha value is -2.04. The van der Waals surface area contributed by atoms with Gasteiger partial charge in [-0.2, -0.15) is 0 Å². The molecular weight excluding hydrogens is 270 g/mol. The first-order valence-electron chi connectivity index (χ1n) is 7.27. The summed E-state index contributed by atoms with van der Waals surface area (Å²) in [4.78, 5) is 22.4. The van der Waals surface area contributed by atoms with E-state index < -0.39 is 5.97 Å². The van der Waals surface area contributed by atoms with E-state index in [2.05, 4.69) is 12.2 Å². The molecule has 0 aliphatic heterocycles. The summed E-state index contributed by atoms with van der Waals surface area (Å²) < 4.78 is 5.06. The minimum Gasteiger partial charge on any atom is -0.482 e. The molecule has 0 atom stereocenters. The van der Waals surface area contributed by atoms with Crippen LogP contribution in [0.4, 0.5) is 0 Å². The summed E-state index contributed by atoms with van der Waals surface area (Å²) >= 11 is 0. The number of carbonyl (C=O) groups is 2. The van der Waals surface area contributed by atoms with Crippen LogP contribution in [-0.4, -0.2) is 30.1 Å². The molecule has 0 aromatic heterocycles. The van der Waals surface area contributed by atoms with Crippen LogP contribution >= 0.6 is 0 Å². The molecule has 0 spiro atoms. The number of benzene rings is 1. The lowest BCUT2D eigenvalue weighted by Gasteiger charge is -2.12. The van der Waals surface area contributed by atoms with Crippen LogP contribution in [0.3, 0.4) is 0 Å². The van der Waals surface area contributed by atoms with Gasteiger partial charge in [-0.15, -0.1) is 0 Å². The van der Waals surface area contributed by atoms with Crippen LogP contribution in [0, 0.1) is 5.41 Å². The molecule has 21 heavy (non-hydrogen) atoms. The first-order chi connectivity index (χ1) is 10.1. The molecule has 5 nitrogen and oxygen atoms in total. The van der Waals surface area contributed by atoms with E-state index in [0.717, 1.165) is 31.2 Å². The van der Waals surface area contributed by atoms with Gasteiger partial charge in [0.05, 0.1) is 0 Å². The Bertz CT molecular complexity index is 506. The summed E-state index contributed by atoms with van der Waals surface area (Å²) in [5.74, 6) is -0.286. The summed E-state index contributed by atoms with van der Waals surface area (Å²) in [6.45, 7) is 2.34. The lowest BCUT2D eigenvalue weighted by atomic mass is 10.0. The molecule has 0 unspecified atom stereocenters. The number of carboxylic acids is 1. The smallest absolute Gasteiger partial charge is 0.341 e. The number of hydrogen-bond donors (Lipinski definition) is 2. The molecule has 5 heteroatoms. The highest BCUT2D eigenvalue weighted by Gasteiger charge is 2.47. The van der Waals surface area contributed by atoms with E-state index in [-0.39, 0.29) is 17.9 Å². The molecule has 1 aliphatic rings. The highest BCUT2D eigenvalue weighted by atomic mass is 16.5. The van der Waals surface area contributed by atoms with Gasteiger partial charge in [0.2, 0.25) is 5.91 Å². The molecule has 2 N–H and O–H groups in total. The monoisotopic (exact) mass is 291 g/mol. The Morgan fingerprint density at radius 1 is 1.29 bits per heavy atom. The van der Waals surface area contributed by atoms with Crippen molar-refractivity contribution in [2.75, 3.05) is 13.2 Å². The summed E-state index contributed by atoms with van der Waals surface area (Å²) in [6, 6.07) is 7.26. The summed E-state index contributed by atoms with van der Waals surface area (Å²) in [6.07, 6.45) is 3.68. The molecule has 1 fully saturated rings. The second kappa shape index (κ2) is 6.61. The molecule has 114 valence electrons. The highest BCUT2D eigenvalue weighted by molar-refractivity contribution is 5.85. The van der Waals surface area contributed by atoms with Gasteiger partial charge in [0.25, 0.3) is 0 Å². The third-order valence-electron chi connectivity index (χ3n) is 4.00. The molecule has 0 heterocycles. The Balaban J connectivity index is 1.73. The average molecular weight is 291 g/mol. The van der Waals surface area contributed by atoms with Crippen LogP contribution in [0.2, 0.25) is 0 Å². The van der Waals surface area contributed by atoms with Crippen molar-refractivity contribution in [3.8, 4) is 5.75 Å². The van der Waals surface area contributed by atoms with E-state index in [0.29, 0.717) is 12.3 Å². The molecular formula is C16H21NO4. The van der Waals surface area contributed by atoms with Gasteiger partial charge in [-0.25, -0.2) is 4.79 Å². The first kappa shape index (κ1) is 15.4. The Labute approximate surface area is 124 Å². The number of hydrogen-bond acceptors (Lipinski definition) is 3. The fourth-order valence-electron chi connectivity index (χ4n) is 2.30. The molecule has 1 aromatic carbocycles. The van der Waals surface area contributed by atoms with Crippen LogP contribution in [0.5, 0.6) is 5.75 Å². The van der Waals surface area contributed by atoms with Gasteiger partial charge in [-0.05, 0) is 43.4 Å². The topological polar surface area (TPSA) is 75.6 Å². The third-order valence-corrected chi connectivity index (χ3v) is 4.00. The Kier molecular flexibility index (Phi) is 4.83. The van der Waals surface area contributed by atoms with Crippen LogP contribution in [0.25, 0.3) is 0 Å². The third kappa shape index (κ3) is 4.21. The van der Waals surface area contributed by atoms with Crippen LogP contribution < -0.4 is 10.1 Å². The van der Waals surface area contributed by atoms with E-state index in [4.69, 9.17) is 9.84 Å². The number of ether oxygens (including phenoxy) is 1. The van der Waals surface area contributed by atoms with E-state index in [1.807, 2.05) is 12.1 Å². The molecule has 1 saturated carbocycles. The van der Waals surface area contributed by atoms with Gasteiger partial charge in [0, 0.05) is 12.0 Å². The number of carbonyl (C=O) groups excluding carboxylic acids is 1.